The van der Waals surface area contributed by atoms with Crippen molar-refractivity contribution in [1.29, 1.82) is 0 Å². The molecular weight excluding hydrogens is 444 g/mol. The van der Waals surface area contributed by atoms with Crippen molar-refractivity contribution in [2.75, 3.05) is 19.1 Å². The fourth-order valence-corrected chi connectivity index (χ4v) is 5.00. The predicted molar refractivity (Wildman–Crippen MR) is 122 cm³/mol. The Bertz CT molecular complexity index is 1470. The normalized spacial score (nSPS) is 15.1. The van der Waals surface area contributed by atoms with Crippen molar-refractivity contribution in [2.45, 2.75) is 13.0 Å². The zero-order valence-corrected chi connectivity index (χ0v) is 18.8. The number of aryl methyl sites for hydroxylation is 1. The second kappa shape index (κ2) is 7.86. The number of esters is 1. The number of ether oxygens (including phenoxy) is 2. The van der Waals surface area contributed by atoms with Crippen LogP contribution in [0.3, 0.4) is 0 Å². The van der Waals surface area contributed by atoms with E-state index >= 15 is 0 Å². The number of nitrogens with zero attached hydrogens (tertiary/aromatic N) is 2. The van der Waals surface area contributed by atoms with Gasteiger partial charge in [-0.3, -0.25) is 14.5 Å². The van der Waals surface area contributed by atoms with Crippen LogP contribution in [0.2, 0.25) is 0 Å². The van der Waals surface area contributed by atoms with Crippen molar-refractivity contribution < 1.29 is 23.5 Å². The molecule has 166 valence electrons. The molecule has 0 bridgehead atoms. The lowest BCUT2D eigenvalue weighted by atomic mass is 9.98. The third kappa shape index (κ3) is 3.20. The summed E-state index contributed by atoms with van der Waals surface area (Å²) in [7, 11) is 2.84. The molecule has 8 nitrogen and oxygen atoms in total. The molecule has 2 aromatic heterocycles. The highest BCUT2D eigenvalue weighted by atomic mass is 32.1. The minimum atomic E-state index is -0.782. The molecule has 0 aliphatic carbocycles. The summed E-state index contributed by atoms with van der Waals surface area (Å²) >= 11 is 1.03. The smallest absolute Gasteiger partial charge is 0.350 e. The lowest BCUT2D eigenvalue weighted by Crippen LogP contribution is -2.29. The number of fused-ring (bicyclic) bond motifs is 2. The fraction of sp³-hybridized carbons (Fsp3) is 0.167. The number of carbonyl (C=O) groups is 2. The highest BCUT2D eigenvalue weighted by molar-refractivity contribution is 7.17. The molecule has 1 aliphatic heterocycles. The van der Waals surface area contributed by atoms with Gasteiger partial charge in [-0.25, -0.2) is 9.78 Å². The van der Waals surface area contributed by atoms with Crippen molar-refractivity contribution in [3.05, 3.63) is 86.2 Å². The number of benzene rings is 2. The van der Waals surface area contributed by atoms with Crippen molar-refractivity contribution in [1.82, 2.24) is 4.98 Å². The van der Waals surface area contributed by atoms with E-state index in [1.54, 1.807) is 62.6 Å². The summed E-state index contributed by atoms with van der Waals surface area (Å²) in [4.78, 5) is 45.4. The average molecular weight is 462 g/mol. The molecular formula is C24H18N2O6S. The highest BCUT2D eigenvalue weighted by Crippen LogP contribution is 2.43. The SMILES string of the molecule is COC(=O)c1sc(N2C(=O)c3oc4ccccc4c(=O)c3[C@@H]2c2ccc(OC)cc2)nc1C. The van der Waals surface area contributed by atoms with Gasteiger partial charge in [-0.1, -0.05) is 35.6 Å². The van der Waals surface area contributed by atoms with Crippen LogP contribution in [0.5, 0.6) is 5.75 Å². The Morgan fingerprint density at radius 1 is 1.09 bits per heavy atom. The van der Waals surface area contributed by atoms with Crippen LogP contribution in [-0.2, 0) is 4.74 Å². The zero-order chi connectivity index (χ0) is 23.3. The van der Waals surface area contributed by atoms with Gasteiger partial charge in [0.15, 0.2) is 10.6 Å². The molecule has 1 aliphatic rings. The maximum absolute atomic E-state index is 13.6. The number of para-hydroxylation sites is 1. The molecule has 9 heteroatoms. The van der Waals surface area contributed by atoms with E-state index in [0.29, 0.717) is 28.0 Å². The topological polar surface area (TPSA) is 98.9 Å². The van der Waals surface area contributed by atoms with Crippen LogP contribution >= 0.6 is 11.3 Å². The van der Waals surface area contributed by atoms with E-state index in [1.807, 2.05) is 0 Å². The molecule has 33 heavy (non-hydrogen) atoms. The molecule has 0 fully saturated rings. The van der Waals surface area contributed by atoms with Crippen LogP contribution in [0.15, 0.2) is 57.7 Å². The molecule has 4 aromatic rings. The highest BCUT2D eigenvalue weighted by Gasteiger charge is 2.45. The first-order valence-corrected chi connectivity index (χ1v) is 10.8. The monoisotopic (exact) mass is 462 g/mol. The Hall–Kier alpha value is -3.98. The van der Waals surface area contributed by atoms with Crippen molar-refractivity contribution in [2.24, 2.45) is 0 Å². The molecule has 1 amide bonds. The second-order valence-corrected chi connectivity index (χ2v) is 8.40. The van der Waals surface area contributed by atoms with Gasteiger partial charge in [-0.2, -0.15) is 0 Å². The molecule has 2 aromatic carbocycles. The predicted octanol–water partition coefficient (Wildman–Crippen LogP) is 4.10. The van der Waals surface area contributed by atoms with Gasteiger partial charge >= 0.3 is 5.97 Å². The van der Waals surface area contributed by atoms with Crippen LogP contribution in [0.4, 0.5) is 5.13 Å². The maximum atomic E-state index is 13.6. The number of anilines is 1. The number of rotatable bonds is 4. The van der Waals surface area contributed by atoms with E-state index in [0.717, 1.165) is 11.3 Å². The number of hydrogen-bond acceptors (Lipinski definition) is 8. The third-order valence-electron chi connectivity index (χ3n) is 5.57. The minimum absolute atomic E-state index is 0.0352. The van der Waals surface area contributed by atoms with Gasteiger partial charge in [0, 0.05) is 0 Å². The molecule has 0 saturated heterocycles. The van der Waals surface area contributed by atoms with E-state index in [4.69, 9.17) is 13.9 Å². The van der Waals surface area contributed by atoms with Crippen LogP contribution in [0.1, 0.15) is 43.1 Å². The van der Waals surface area contributed by atoms with Crippen molar-refractivity contribution in [3.63, 3.8) is 0 Å². The van der Waals surface area contributed by atoms with Gasteiger partial charge in [0.1, 0.15) is 16.2 Å². The van der Waals surface area contributed by atoms with Gasteiger partial charge in [0.25, 0.3) is 5.91 Å². The zero-order valence-electron chi connectivity index (χ0n) is 17.9. The molecule has 0 radical (unpaired) electrons. The molecule has 0 saturated carbocycles. The molecule has 5 rings (SSSR count). The third-order valence-corrected chi connectivity index (χ3v) is 6.71. The summed E-state index contributed by atoms with van der Waals surface area (Å²) in [5.41, 5.74) is 1.39. The summed E-state index contributed by atoms with van der Waals surface area (Å²) in [6.07, 6.45) is 0. The summed E-state index contributed by atoms with van der Waals surface area (Å²) in [5.74, 6) is -0.439. The number of aromatic nitrogens is 1. The molecule has 0 unspecified atom stereocenters. The summed E-state index contributed by atoms with van der Waals surface area (Å²) in [5, 5.41) is 0.656. The average Bonchev–Trinajstić information content (AvgIpc) is 3.36. The first kappa shape index (κ1) is 20.9. The summed E-state index contributed by atoms with van der Waals surface area (Å²) in [6.45, 7) is 1.67. The Morgan fingerprint density at radius 2 is 1.82 bits per heavy atom. The van der Waals surface area contributed by atoms with Crippen LogP contribution in [-0.4, -0.2) is 31.1 Å². The van der Waals surface area contributed by atoms with E-state index in [-0.39, 0.29) is 26.8 Å². The van der Waals surface area contributed by atoms with E-state index in [1.165, 1.54) is 12.0 Å². The number of carbonyl (C=O) groups excluding carboxylic acids is 2. The lowest BCUT2D eigenvalue weighted by molar-refractivity contribution is 0.0605. The first-order chi connectivity index (χ1) is 15.9. The quantitative estimate of drug-likeness (QED) is 0.421. The summed E-state index contributed by atoms with van der Waals surface area (Å²) in [6, 6.07) is 13.1. The van der Waals surface area contributed by atoms with Gasteiger partial charge in [0.05, 0.1) is 36.9 Å². The fourth-order valence-electron chi connectivity index (χ4n) is 3.99. The largest absolute Gasteiger partial charge is 0.497 e. The summed E-state index contributed by atoms with van der Waals surface area (Å²) < 4.78 is 16.0. The molecule has 1 atom stereocenters. The molecule has 0 N–H and O–H groups in total. The Labute approximate surface area is 192 Å². The number of amides is 1. The van der Waals surface area contributed by atoms with Crippen LogP contribution in [0, 0.1) is 6.92 Å². The first-order valence-electron chi connectivity index (χ1n) is 10.0. The number of methoxy groups -OCH3 is 2. The van der Waals surface area contributed by atoms with Crippen molar-refractivity contribution in [3.8, 4) is 5.75 Å². The van der Waals surface area contributed by atoms with Crippen molar-refractivity contribution >= 4 is 39.3 Å². The molecule has 3 heterocycles. The van der Waals surface area contributed by atoms with Gasteiger partial charge in [-0.05, 0) is 36.8 Å². The Balaban J connectivity index is 1.76. The van der Waals surface area contributed by atoms with E-state index in [2.05, 4.69) is 4.98 Å². The Kier molecular flexibility index (Phi) is 4.98. The maximum Gasteiger partial charge on any atom is 0.350 e. The minimum Gasteiger partial charge on any atom is -0.497 e. The van der Waals surface area contributed by atoms with Gasteiger partial charge < -0.3 is 13.9 Å². The standard InChI is InChI=1S/C24H18N2O6S/c1-12-21(23(29)31-3)33-24(25-12)26-18(13-8-10-14(30-2)11-9-13)17-19(27)15-6-4-5-7-16(15)32-20(17)22(26)28/h4-11,18H,1-3H3/t18-/m0/s1. The van der Waals surface area contributed by atoms with Gasteiger partial charge in [0.2, 0.25) is 5.76 Å². The second-order valence-electron chi connectivity index (χ2n) is 7.42. The van der Waals surface area contributed by atoms with E-state index < -0.39 is 17.9 Å². The van der Waals surface area contributed by atoms with Crippen LogP contribution < -0.4 is 15.1 Å². The van der Waals surface area contributed by atoms with E-state index in [9.17, 15) is 14.4 Å². The number of hydrogen-bond donors (Lipinski definition) is 0. The van der Waals surface area contributed by atoms with Gasteiger partial charge in [-0.15, -0.1) is 0 Å². The lowest BCUT2D eigenvalue weighted by Gasteiger charge is -2.22. The van der Waals surface area contributed by atoms with Crippen LogP contribution in [0.25, 0.3) is 11.0 Å². The number of thiazole rings is 1. The Morgan fingerprint density at radius 3 is 2.52 bits per heavy atom. The molecule has 0 spiro atoms.